The lowest BCUT2D eigenvalue weighted by Crippen LogP contribution is -2.12. The number of nitrogens with zero attached hydrogens (tertiary/aromatic N) is 2. The van der Waals surface area contributed by atoms with Crippen LogP contribution in [0, 0.1) is 20.8 Å². The number of rotatable bonds is 4. The van der Waals surface area contributed by atoms with Gasteiger partial charge in [-0.1, -0.05) is 17.7 Å². The Kier molecular flexibility index (Phi) is 4.27. The average Bonchev–Trinajstić information content (AvgIpc) is 2.35. The zero-order valence-electron chi connectivity index (χ0n) is 12.1. The molecule has 0 radical (unpaired) electrons. The molecular weight excluding hydrogens is 234 g/mol. The first-order valence-corrected chi connectivity index (χ1v) is 6.66. The van der Waals surface area contributed by atoms with E-state index in [1.54, 1.807) is 0 Å². The molecule has 0 aliphatic rings. The van der Waals surface area contributed by atoms with Crippen LogP contribution in [0.25, 0.3) is 11.3 Å². The van der Waals surface area contributed by atoms with Crippen molar-refractivity contribution in [1.82, 2.24) is 15.3 Å². The molecule has 0 saturated carbocycles. The predicted octanol–water partition coefficient (Wildman–Crippen LogP) is 2.83. The fraction of sp³-hybridized carbons (Fsp3) is 0.375. The van der Waals surface area contributed by atoms with Crippen LogP contribution in [-0.2, 0) is 6.42 Å². The van der Waals surface area contributed by atoms with Gasteiger partial charge in [0.15, 0.2) is 0 Å². The Morgan fingerprint density at radius 2 is 1.79 bits per heavy atom. The van der Waals surface area contributed by atoms with Crippen LogP contribution in [-0.4, -0.2) is 23.6 Å². The molecule has 0 fully saturated rings. The second-order valence-corrected chi connectivity index (χ2v) is 4.99. The summed E-state index contributed by atoms with van der Waals surface area (Å²) in [5, 5.41) is 3.13. The van der Waals surface area contributed by atoms with Crippen LogP contribution >= 0.6 is 0 Å². The summed E-state index contributed by atoms with van der Waals surface area (Å²) in [6.45, 7) is 7.31. The molecule has 1 aromatic heterocycles. The monoisotopic (exact) mass is 255 g/mol. The molecule has 100 valence electrons. The van der Waals surface area contributed by atoms with Crippen molar-refractivity contribution < 1.29 is 0 Å². The van der Waals surface area contributed by atoms with Gasteiger partial charge in [0.1, 0.15) is 5.82 Å². The molecule has 0 unspecified atom stereocenters. The highest BCUT2D eigenvalue weighted by atomic mass is 14.9. The first-order chi connectivity index (χ1) is 9.11. The minimum atomic E-state index is 0.855. The average molecular weight is 255 g/mol. The summed E-state index contributed by atoms with van der Waals surface area (Å²) in [7, 11) is 1.94. The third-order valence-electron chi connectivity index (χ3n) is 3.24. The summed E-state index contributed by atoms with van der Waals surface area (Å²) in [5.74, 6) is 0.895. The minimum absolute atomic E-state index is 0.855. The third-order valence-corrected chi connectivity index (χ3v) is 3.24. The molecule has 19 heavy (non-hydrogen) atoms. The van der Waals surface area contributed by atoms with Crippen molar-refractivity contribution in [2.45, 2.75) is 27.2 Å². The summed E-state index contributed by atoms with van der Waals surface area (Å²) < 4.78 is 0. The van der Waals surface area contributed by atoms with Crippen LogP contribution in [0.5, 0.6) is 0 Å². The van der Waals surface area contributed by atoms with Crippen molar-refractivity contribution in [2.75, 3.05) is 13.6 Å². The summed E-state index contributed by atoms with van der Waals surface area (Å²) in [4.78, 5) is 9.01. The van der Waals surface area contributed by atoms with E-state index in [1.165, 1.54) is 22.3 Å². The number of nitrogens with one attached hydrogen (secondary N) is 1. The first kappa shape index (κ1) is 13.7. The molecule has 0 bridgehead atoms. The first-order valence-electron chi connectivity index (χ1n) is 6.66. The van der Waals surface area contributed by atoms with Crippen molar-refractivity contribution in [1.29, 1.82) is 0 Å². The highest BCUT2D eigenvalue weighted by molar-refractivity contribution is 5.67. The molecule has 2 rings (SSSR count). The fourth-order valence-electron chi connectivity index (χ4n) is 2.48. The van der Waals surface area contributed by atoms with Crippen LogP contribution in [0.3, 0.4) is 0 Å². The Bertz CT molecular complexity index is 553. The standard InChI is InChI=1S/C16H21N3/c1-11-9-12(2)16(13(3)10-11)14-5-8-18-15(19-14)6-7-17-4/h5,8-10,17H,6-7H2,1-4H3. The van der Waals surface area contributed by atoms with Crippen molar-refractivity contribution in [3.8, 4) is 11.3 Å². The van der Waals surface area contributed by atoms with Gasteiger partial charge >= 0.3 is 0 Å². The maximum Gasteiger partial charge on any atom is 0.130 e. The molecular formula is C16H21N3. The van der Waals surface area contributed by atoms with Crippen LogP contribution in [0.15, 0.2) is 24.4 Å². The van der Waals surface area contributed by atoms with Crippen LogP contribution < -0.4 is 5.32 Å². The molecule has 1 heterocycles. The molecule has 2 aromatic rings. The Balaban J connectivity index is 2.42. The van der Waals surface area contributed by atoms with Crippen LogP contribution in [0.1, 0.15) is 22.5 Å². The van der Waals surface area contributed by atoms with Gasteiger partial charge < -0.3 is 5.32 Å². The summed E-state index contributed by atoms with van der Waals surface area (Å²) >= 11 is 0. The lowest BCUT2D eigenvalue weighted by molar-refractivity contribution is 0.756. The molecule has 1 aromatic carbocycles. The fourth-order valence-corrected chi connectivity index (χ4v) is 2.48. The van der Waals surface area contributed by atoms with Gasteiger partial charge in [-0.2, -0.15) is 0 Å². The zero-order chi connectivity index (χ0) is 13.8. The molecule has 0 aliphatic carbocycles. The van der Waals surface area contributed by atoms with Gasteiger partial charge in [0.05, 0.1) is 5.69 Å². The van der Waals surface area contributed by atoms with E-state index in [2.05, 4.69) is 48.2 Å². The highest BCUT2D eigenvalue weighted by Gasteiger charge is 2.09. The summed E-state index contributed by atoms with van der Waals surface area (Å²) in [5.41, 5.74) is 6.10. The van der Waals surface area contributed by atoms with E-state index in [1.807, 2.05) is 19.3 Å². The second kappa shape index (κ2) is 5.93. The molecule has 0 aliphatic heterocycles. The maximum atomic E-state index is 4.68. The largest absolute Gasteiger partial charge is 0.319 e. The van der Waals surface area contributed by atoms with Gasteiger partial charge in [0.25, 0.3) is 0 Å². The van der Waals surface area contributed by atoms with E-state index in [9.17, 15) is 0 Å². The number of hydrogen-bond donors (Lipinski definition) is 1. The van der Waals surface area contributed by atoms with Gasteiger partial charge in [0.2, 0.25) is 0 Å². The highest BCUT2D eigenvalue weighted by Crippen LogP contribution is 2.26. The smallest absolute Gasteiger partial charge is 0.130 e. The normalized spacial score (nSPS) is 10.7. The van der Waals surface area contributed by atoms with Crippen molar-refractivity contribution in [3.63, 3.8) is 0 Å². The number of aromatic nitrogens is 2. The van der Waals surface area contributed by atoms with Gasteiger partial charge in [-0.05, 0) is 45.0 Å². The maximum absolute atomic E-state index is 4.68. The Morgan fingerprint density at radius 1 is 1.11 bits per heavy atom. The quantitative estimate of drug-likeness (QED) is 0.913. The molecule has 0 atom stereocenters. The lowest BCUT2D eigenvalue weighted by atomic mass is 9.97. The van der Waals surface area contributed by atoms with E-state index < -0.39 is 0 Å². The van der Waals surface area contributed by atoms with E-state index in [-0.39, 0.29) is 0 Å². The molecule has 1 N–H and O–H groups in total. The SMILES string of the molecule is CNCCc1nccc(-c2c(C)cc(C)cc2C)n1. The van der Waals surface area contributed by atoms with Gasteiger partial charge in [0, 0.05) is 24.7 Å². The molecule has 3 heteroatoms. The van der Waals surface area contributed by atoms with E-state index in [0.717, 1.165) is 24.5 Å². The van der Waals surface area contributed by atoms with E-state index >= 15 is 0 Å². The molecule has 3 nitrogen and oxygen atoms in total. The number of hydrogen-bond acceptors (Lipinski definition) is 3. The molecule has 0 spiro atoms. The molecule has 0 saturated heterocycles. The van der Waals surface area contributed by atoms with Gasteiger partial charge in [-0.25, -0.2) is 9.97 Å². The number of aryl methyl sites for hydroxylation is 3. The molecule has 0 amide bonds. The van der Waals surface area contributed by atoms with Crippen molar-refractivity contribution in [3.05, 3.63) is 46.9 Å². The summed E-state index contributed by atoms with van der Waals surface area (Å²) in [6, 6.07) is 6.41. The Labute approximate surface area is 115 Å². The van der Waals surface area contributed by atoms with E-state index in [4.69, 9.17) is 0 Å². The lowest BCUT2D eigenvalue weighted by Gasteiger charge is -2.11. The Morgan fingerprint density at radius 3 is 2.42 bits per heavy atom. The van der Waals surface area contributed by atoms with E-state index in [0.29, 0.717) is 0 Å². The van der Waals surface area contributed by atoms with Crippen molar-refractivity contribution >= 4 is 0 Å². The minimum Gasteiger partial charge on any atom is -0.319 e. The number of benzene rings is 1. The predicted molar refractivity (Wildman–Crippen MR) is 79.3 cm³/mol. The zero-order valence-corrected chi connectivity index (χ0v) is 12.1. The van der Waals surface area contributed by atoms with Crippen LogP contribution in [0.4, 0.5) is 0 Å². The van der Waals surface area contributed by atoms with Gasteiger partial charge in [-0.3, -0.25) is 0 Å². The Hall–Kier alpha value is -1.74. The van der Waals surface area contributed by atoms with Gasteiger partial charge in [-0.15, -0.1) is 0 Å². The third kappa shape index (κ3) is 3.18. The van der Waals surface area contributed by atoms with Crippen molar-refractivity contribution in [2.24, 2.45) is 0 Å². The topological polar surface area (TPSA) is 37.8 Å². The van der Waals surface area contributed by atoms with Crippen LogP contribution in [0.2, 0.25) is 0 Å². The summed E-state index contributed by atoms with van der Waals surface area (Å²) in [6.07, 6.45) is 2.71. The second-order valence-electron chi connectivity index (χ2n) is 4.99. The number of likely N-dealkylation sites (N-methyl/N-ethyl adjacent to an activating group) is 1.